The van der Waals surface area contributed by atoms with Gasteiger partial charge in [0, 0.05) is 11.5 Å². The third-order valence-electron chi connectivity index (χ3n) is 2.25. The van der Waals surface area contributed by atoms with Crippen LogP contribution in [-0.2, 0) is 4.57 Å². The summed E-state index contributed by atoms with van der Waals surface area (Å²) in [5.74, 6) is -1.30. The Kier molecular flexibility index (Phi) is 11.6. The molecule has 0 bridgehead atoms. The monoisotopic (exact) mass is 284 g/mol. The molecule has 0 aliphatic rings. The van der Waals surface area contributed by atoms with Crippen LogP contribution in [0.15, 0.2) is 0 Å². The maximum Gasteiger partial charge on any atom is 0.310 e. The summed E-state index contributed by atoms with van der Waals surface area (Å²) in [7, 11) is 0. The van der Waals surface area contributed by atoms with Crippen LogP contribution in [0.4, 0.5) is 0 Å². The zero-order chi connectivity index (χ0) is 12.3. The van der Waals surface area contributed by atoms with Gasteiger partial charge in [-0.05, 0) is 12.8 Å². The molecule has 0 aromatic rings. The smallest absolute Gasteiger partial charge is 0.310 e. The second kappa shape index (κ2) is 11.0. The van der Waals surface area contributed by atoms with Gasteiger partial charge in [-0.1, -0.05) is 68.7 Å². The molecule has 1 atom stereocenters. The van der Waals surface area contributed by atoms with Gasteiger partial charge in [0.05, 0.1) is 0 Å². The van der Waals surface area contributed by atoms with E-state index in [-0.39, 0.29) is 0 Å². The van der Waals surface area contributed by atoms with Crippen LogP contribution in [0.5, 0.6) is 0 Å². The van der Waals surface area contributed by atoms with Crippen molar-refractivity contribution < 1.29 is 9.46 Å². The number of hydrogen-bond acceptors (Lipinski definition) is 3. The van der Waals surface area contributed by atoms with Crippen molar-refractivity contribution in [3.8, 4) is 0 Å². The highest BCUT2D eigenvalue weighted by Gasteiger charge is 2.18. The molecular formula is C11H25O2PS2. The van der Waals surface area contributed by atoms with Gasteiger partial charge in [-0.3, -0.25) is 4.57 Å². The van der Waals surface area contributed by atoms with Crippen molar-refractivity contribution in [3.05, 3.63) is 0 Å². The van der Waals surface area contributed by atoms with Crippen LogP contribution in [0.25, 0.3) is 0 Å². The van der Waals surface area contributed by atoms with Crippen LogP contribution in [0.2, 0.25) is 0 Å². The predicted octanol–water partition coefficient (Wildman–Crippen LogP) is 5.32. The van der Waals surface area contributed by atoms with Gasteiger partial charge >= 0.3 is 5.77 Å². The Morgan fingerprint density at radius 2 is 1.31 bits per heavy atom. The molecule has 0 spiro atoms. The molecule has 0 rings (SSSR count). The highest BCUT2D eigenvalue weighted by molar-refractivity contribution is 8.88. The van der Waals surface area contributed by atoms with Gasteiger partial charge < -0.3 is 4.89 Å². The molecule has 0 saturated carbocycles. The Morgan fingerprint density at radius 3 is 1.81 bits per heavy atom. The summed E-state index contributed by atoms with van der Waals surface area (Å²) in [4.78, 5) is 9.65. The number of rotatable bonds is 11. The minimum atomic E-state index is -2.95. The predicted molar refractivity (Wildman–Crippen MR) is 78.4 cm³/mol. The van der Waals surface area contributed by atoms with Gasteiger partial charge in [0.1, 0.15) is 0 Å². The summed E-state index contributed by atoms with van der Waals surface area (Å²) in [5.41, 5.74) is 0. The zero-order valence-electron chi connectivity index (χ0n) is 10.5. The Balaban J connectivity index is 3.43. The summed E-state index contributed by atoms with van der Waals surface area (Å²) in [6.45, 7) is 4.32. The van der Waals surface area contributed by atoms with Crippen molar-refractivity contribution in [3.63, 3.8) is 0 Å². The Labute approximate surface area is 108 Å². The largest absolute Gasteiger partial charge is 0.329 e. The maximum atomic E-state index is 11.7. The molecule has 5 heteroatoms. The molecule has 0 amide bonds. The first-order valence-electron chi connectivity index (χ1n) is 6.24. The summed E-state index contributed by atoms with van der Waals surface area (Å²) in [6, 6.07) is 0. The van der Waals surface area contributed by atoms with E-state index in [2.05, 4.69) is 13.8 Å². The fourth-order valence-corrected chi connectivity index (χ4v) is 6.88. The van der Waals surface area contributed by atoms with Crippen LogP contribution >= 0.6 is 28.5 Å². The molecule has 2 nitrogen and oxygen atoms in total. The maximum absolute atomic E-state index is 11.7. The third-order valence-corrected chi connectivity index (χ3v) is 8.80. The van der Waals surface area contributed by atoms with Gasteiger partial charge in [0.15, 0.2) is 0 Å². The van der Waals surface area contributed by atoms with Gasteiger partial charge in [0.25, 0.3) is 0 Å². The molecule has 0 aliphatic heterocycles. The van der Waals surface area contributed by atoms with E-state index in [4.69, 9.17) is 0 Å². The van der Waals surface area contributed by atoms with E-state index in [1.54, 1.807) is 0 Å². The van der Waals surface area contributed by atoms with Gasteiger partial charge in [-0.15, -0.1) is 0 Å². The molecule has 0 aliphatic carbocycles. The standard InChI is InChI=1S/C11H25O2PS2/c1-3-5-7-9-11-16-14(12,13)15-10-8-6-4-2/h3-11H2,1-2H3,(H,12,13). The third kappa shape index (κ3) is 11.4. The Bertz CT molecular complexity index is 200. The van der Waals surface area contributed by atoms with Crippen molar-refractivity contribution in [1.29, 1.82) is 0 Å². The average Bonchev–Trinajstić information content (AvgIpc) is 2.24. The lowest BCUT2D eigenvalue weighted by Crippen LogP contribution is -1.82. The van der Waals surface area contributed by atoms with Crippen LogP contribution in [-0.4, -0.2) is 16.4 Å². The molecule has 0 fully saturated rings. The van der Waals surface area contributed by atoms with Gasteiger partial charge in [-0.25, -0.2) is 0 Å². The SMILES string of the molecule is CCCCCCSP(=O)(O)SCCCCC. The van der Waals surface area contributed by atoms with Crippen molar-refractivity contribution in [1.82, 2.24) is 0 Å². The molecule has 1 N–H and O–H groups in total. The normalized spacial score (nSPS) is 14.9. The van der Waals surface area contributed by atoms with E-state index < -0.39 is 5.77 Å². The van der Waals surface area contributed by atoms with Gasteiger partial charge in [-0.2, -0.15) is 0 Å². The molecule has 98 valence electrons. The number of unbranched alkanes of at least 4 members (excludes halogenated alkanes) is 5. The Morgan fingerprint density at radius 1 is 0.875 bits per heavy atom. The lowest BCUT2D eigenvalue weighted by atomic mass is 10.2. The van der Waals surface area contributed by atoms with E-state index >= 15 is 0 Å². The van der Waals surface area contributed by atoms with E-state index in [0.29, 0.717) is 0 Å². The molecule has 0 heterocycles. The van der Waals surface area contributed by atoms with Crippen LogP contribution in [0.1, 0.15) is 58.8 Å². The van der Waals surface area contributed by atoms with Crippen molar-refractivity contribution >= 4 is 28.5 Å². The van der Waals surface area contributed by atoms with E-state index in [1.807, 2.05) is 0 Å². The number of hydrogen-bond donors (Lipinski definition) is 1. The highest BCUT2D eigenvalue weighted by Crippen LogP contribution is 2.65. The molecule has 1 unspecified atom stereocenters. The van der Waals surface area contributed by atoms with Crippen molar-refractivity contribution in [2.24, 2.45) is 0 Å². The topological polar surface area (TPSA) is 37.3 Å². The fourth-order valence-electron chi connectivity index (χ4n) is 1.28. The van der Waals surface area contributed by atoms with E-state index in [0.717, 1.165) is 30.8 Å². The van der Waals surface area contributed by atoms with Crippen LogP contribution < -0.4 is 0 Å². The van der Waals surface area contributed by atoms with Crippen LogP contribution in [0.3, 0.4) is 0 Å². The van der Waals surface area contributed by atoms with Gasteiger partial charge in [0.2, 0.25) is 0 Å². The lowest BCUT2D eigenvalue weighted by molar-refractivity contribution is 0.514. The lowest BCUT2D eigenvalue weighted by Gasteiger charge is -2.09. The Hall–Kier alpha value is 0.890. The first-order valence-corrected chi connectivity index (χ1v) is 11.1. The molecule has 0 aromatic carbocycles. The molecule has 0 saturated heterocycles. The first-order chi connectivity index (χ1) is 7.62. The summed E-state index contributed by atoms with van der Waals surface area (Å²) >= 11 is 2.52. The second-order valence-corrected chi connectivity index (χ2v) is 11.4. The highest BCUT2D eigenvalue weighted by atomic mass is 33.1. The minimum absolute atomic E-state index is 0.823. The molecule has 0 aromatic heterocycles. The fraction of sp³-hybridized carbons (Fsp3) is 1.00. The quantitative estimate of drug-likeness (QED) is 0.411. The second-order valence-electron chi connectivity index (χ2n) is 3.90. The molecule has 0 radical (unpaired) electrons. The van der Waals surface area contributed by atoms with Crippen molar-refractivity contribution in [2.75, 3.05) is 11.5 Å². The van der Waals surface area contributed by atoms with Crippen molar-refractivity contribution in [2.45, 2.75) is 58.8 Å². The summed E-state index contributed by atoms with van der Waals surface area (Å²) in [5, 5.41) is 0. The molecule has 16 heavy (non-hydrogen) atoms. The van der Waals surface area contributed by atoms with E-state index in [1.165, 1.54) is 48.4 Å². The summed E-state index contributed by atoms with van der Waals surface area (Å²) < 4.78 is 11.7. The average molecular weight is 284 g/mol. The molecular weight excluding hydrogens is 259 g/mol. The minimum Gasteiger partial charge on any atom is -0.329 e. The first kappa shape index (κ1) is 16.9. The summed E-state index contributed by atoms with van der Waals surface area (Å²) in [6.07, 6.45) is 8.09. The zero-order valence-corrected chi connectivity index (χ0v) is 13.0. The van der Waals surface area contributed by atoms with Crippen LogP contribution in [0, 0.1) is 0 Å². The van der Waals surface area contributed by atoms with E-state index in [9.17, 15) is 9.46 Å².